The van der Waals surface area contributed by atoms with Crippen LogP contribution in [-0.4, -0.2) is 47.4 Å². The van der Waals surface area contributed by atoms with E-state index in [0.717, 1.165) is 41.5 Å². The third-order valence-corrected chi connectivity index (χ3v) is 9.87. The van der Waals surface area contributed by atoms with E-state index < -0.39 is 15.8 Å². The molecule has 1 unspecified atom stereocenters. The van der Waals surface area contributed by atoms with Crippen molar-refractivity contribution in [1.29, 1.82) is 0 Å². The largest absolute Gasteiger partial charge is 0.462 e. The lowest BCUT2D eigenvalue weighted by molar-refractivity contribution is -0.113. The minimum atomic E-state index is -3.62. The van der Waals surface area contributed by atoms with Crippen LogP contribution in [0.3, 0.4) is 0 Å². The summed E-state index contributed by atoms with van der Waals surface area (Å²) in [5, 5.41) is 12.0. The monoisotopic (exact) mass is 574 g/mol. The fourth-order valence-corrected chi connectivity index (χ4v) is 7.75. The Morgan fingerprint density at radius 3 is 2.76 bits per heavy atom. The van der Waals surface area contributed by atoms with Crippen molar-refractivity contribution < 1.29 is 22.7 Å². The van der Waals surface area contributed by atoms with Gasteiger partial charge in [-0.05, 0) is 49.8 Å². The van der Waals surface area contributed by atoms with Crippen molar-refractivity contribution in [3.05, 3.63) is 64.8 Å². The van der Waals surface area contributed by atoms with E-state index in [1.54, 1.807) is 35.8 Å². The van der Waals surface area contributed by atoms with E-state index in [0.29, 0.717) is 28.2 Å². The first-order chi connectivity index (χ1) is 18.2. The highest BCUT2D eigenvalue weighted by atomic mass is 32.2. The molecule has 2 aromatic heterocycles. The molecule has 1 amide bonds. The predicted octanol–water partition coefficient (Wildman–Crippen LogP) is 4.53. The molecule has 1 N–H and O–H groups in total. The molecule has 0 bridgehead atoms. The maximum Gasteiger partial charge on any atom is 0.341 e. The summed E-state index contributed by atoms with van der Waals surface area (Å²) in [5.74, 6) is -0.265. The lowest BCUT2D eigenvalue weighted by Crippen LogP contribution is -2.18. The number of carbonyl (C=O) groups excluding carboxylic acids is 2. The van der Waals surface area contributed by atoms with Gasteiger partial charge in [-0.25, -0.2) is 13.2 Å². The van der Waals surface area contributed by atoms with Crippen LogP contribution in [0.5, 0.6) is 0 Å². The number of thioether (sulfide) groups is 1. The third-order valence-electron chi connectivity index (χ3n) is 6.10. The first kappa shape index (κ1) is 28.1. The third kappa shape index (κ3) is 6.36. The maximum atomic E-state index is 12.9. The maximum absolute atomic E-state index is 12.9. The lowest BCUT2D eigenvalue weighted by atomic mass is 9.88. The van der Waals surface area contributed by atoms with Gasteiger partial charge in [-0.1, -0.05) is 43.0 Å². The highest BCUT2D eigenvalue weighted by molar-refractivity contribution is 7.99. The van der Waals surface area contributed by atoms with Crippen molar-refractivity contribution in [3.8, 4) is 0 Å². The number of hydrogen-bond donors (Lipinski definition) is 1. The van der Waals surface area contributed by atoms with Gasteiger partial charge in [0.15, 0.2) is 15.0 Å². The summed E-state index contributed by atoms with van der Waals surface area (Å²) in [6.07, 6.45) is 4.26. The zero-order chi connectivity index (χ0) is 27.3. The van der Waals surface area contributed by atoms with E-state index in [4.69, 9.17) is 4.74 Å². The molecule has 1 aliphatic rings. The molecule has 202 valence electrons. The molecule has 0 aliphatic heterocycles. The van der Waals surface area contributed by atoms with Gasteiger partial charge in [0.2, 0.25) is 5.91 Å². The Hall–Kier alpha value is -2.96. The number of ether oxygens (including phenoxy) is 1. The number of aromatic nitrogens is 3. The van der Waals surface area contributed by atoms with Crippen LogP contribution in [0.2, 0.25) is 0 Å². The Balaban J connectivity index is 1.49. The van der Waals surface area contributed by atoms with Crippen molar-refractivity contribution in [2.75, 3.05) is 17.7 Å². The average molecular weight is 575 g/mol. The quantitative estimate of drug-likeness (QED) is 0.201. The second-order valence-electron chi connectivity index (χ2n) is 8.98. The van der Waals surface area contributed by atoms with E-state index in [-0.39, 0.29) is 34.7 Å². The lowest BCUT2D eigenvalue weighted by Gasteiger charge is -2.18. The summed E-state index contributed by atoms with van der Waals surface area (Å²) >= 11 is 2.57. The summed E-state index contributed by atoms with van der Waals surface area (Å²) in [7, 11) is -3.62. The number of amides is 1. The fourth-order valence-electron chi connectivity index (χ4n) is 4.28. The predicted molar refractivity (Wildman–Crippen MR) is 148 cm³/mol. The van der Waals surface area contributed by atoms with Gasteiger partial charge >= 0.3 is 5.97 Å². The second-order valence-corrected chi connectivity index (χ2v) is 13.0. The van der Waals surface area contributed by atoms with Crippen molar-refractivity contribution >= 4 is 49.8 Å². The Kier molecular flexibility index (Phi) is 9.06. The Labute approximate surface area is 230 Å². The number of esters is 1. The smallest absolute Gasteiger partial charge is 0.341 e. The molecular formula is C26H30N4O5S3. The molecule has 0 fully saturated rings. The first-order valence-electron chi connectivity index (χ1n) is 12.3. The number of anilines is 1. The Morgan fingerprint density at radius 2 is 2.05 bits per heavy atom. The van der Waals surface area contributed by atoms with Gasteiger partial charge in [0.25, 0.3) is 0 Å². The number of allylic oxidation sites excluding steroid dienone is 1. The SMILES string of the molecule is C=CCn1c(CS(=O)(=O)c2ccccc2)nnc1SCC(=O)Nc1sc2c(c1C(=O)OCC)CCC(C)C2. The van der Waals surface area contributed by atoms with Crippen LogP contribution in [-0.2, 0) is 44.5 Å². The Bertz CT molecular complexity index is 1430. The molecule has 1 atom stereocenters. The van der Waals surface area contributed by atoms with E-state index >= 15 is 0 Å². The van der Waals surface area contributed by atoms with Crippen LogP contribution in [0.25, 0.3) is 0 Å². The summed E-state index contributed by atoms with van der Waals surface area (Å²) in [5.41, 5.74) is 1.44. The van der Waals surface area contributed by atoms with Crippen LogP contribution in [0.4, 0.5) is 5.00 Å². The van der Waals surface area contributed by atoms with E-state index in [1.807, 2.05) is 0 Å². The number of hydrogen-bond acceptors (Lipinski definition) is 9. The Morgan fingerprint density at radius 1 is 1.29 bits per heavy atom. The first-order valence-corrected chi connectivity index (χ1v) is 15.7. The number of carbonyl (C=O) groups is 2. The van der Waals surface area contributed by atoms with Crippen molar-refractivity contribution in [3.63, 3.8) is 0 Å². The minimum absolute atomic E-state index is 0.00193. The number of benzene rings is 1. The molecule has 0 radical (unpaired) electrons. The number of sulfone groups is 1. The molecule has 2 heterocycles. The fraction of sp³-hybridized carbons (Fsp3) is 0.385. The van der Waals surface area contributed by atoms with Gasteiger partial charge in [-0.2, -0.15) is 0 Å². The molecule has 0 spiro atoms. The van der Waals surface area contributed by atoms with Crippen molar-refractivity contribution in [2.24, 2.45) is 5.92 Å². The van der Waals surface area contributed by atoms with Gasteiger partial charge in [0.1, 0.15) is 16.6 Å². The number of thiophene rings is 1. The number of rotatable bonds is 11. The highest BCUT2D eigenvalue weighted by Crippen LogP contribution is 2.40. The summed E-state index contributed by atoms with van der Waals surface area (Å²) < 4.78 is 32.6. The molecule has 1 aromatic carbocycles. The standard InChI is InChI=1S/C26H30N4O5S3/c1-4-13-30-21(16-38(33,34)18-9-7-6-8-10-18)28-29-26(30)36-15-22(31)27-24-23(25(32)35-5-2)19-12-11-17(3)14-20(19)37-24/h4,6-10,17H,1,5,11-16H2,2-3H3,(H,27,31). The van der Waals surface area contributed by atoms with Crippen LogP contribution in [0.1, 0.15) is 46.9 Å². The molecule has 12 heteroatoms. The van der Waals surface area contributed by atoms with E-state index in [9.17, 15) is 18.0 Å². The topological polar surface area (TPSA) is 120 Å². The molecule has 0 saturated heterocycles. The van der Waals surface area contributed by atoms with Gasteiger partial charge in [0.05, 0.1) is 22.8 Å². The normalized spacial score (nSPS) is 15.1. The van der Waals surface area contributed by atoms with Crippen LogP contribution < -0.4 is 5.32 Å². The van der Waals surface area contributed by atoms with Crippen molar-refractivity contribution in [1.82, 2.24) is 14.8 Å². The molecule has 9 nitrogen and oxygen atoms in total. The second kappa shape index (κ2) is 12.3. The molecule has 4 rings (SSSR count). The zero-order valence-corrected chi connectivity index (χ0v) is 23.8. The number of nitrogens with zero attached hydrogens (tertiary/aromatic N) is 3. The van der Waals surface area contributed by atoms with Gasteiger partial charge < -0.3 is 14.6 Å². The van der Waals surface area contributed by atoms with Crippen LogP contribution in [0.15, 0.2) is 53.0 Å². The highest BCUT2D eigenvalue weighted by Gasteiger charge is 2.29. The van der Waals surface area contributed by atoms with Crippen molar-refractivity contribution in [2.45, 2.75) is 55.5 Å². The van der Waals surface area contributed by atoms with Crippen LogP contribution >= 0.6 is 23.1 Å². The van der Waals surface area contributed by atoms with Gasteiger partial charge in [-0.3, -0.25) is 4.79 Å². The molecular weight excluding hydrogens is 545 g/mol. The van der Waals surface area contributed by atoms with Gasteiger partial charge in [0, 0.05) is 11.4 Å². The summed E-state index contributed by atoms with van der Waals surface area (Å²) in [6.45, 7) is 8.23. The summed E-state index contributed by atoms with van der Waals surface area (Å²) in [6, 6.07) is 8.16. The molecule has 38 heavy (non-hydrogen) atoms. The molecule has 0 saturated carbocycles. The van der Waals surface area contributed by atoms with E-state index in [1.165, 1.54) is 23.5 Å². The summed E-state index contributed by atoms with van der Waals surface area (Å²) in [4.78, 5) is 27.0. The zero-order valence-electron chi connectivity index (χ0n) is 21.3. The minimum Gasteiger partial charge on any atom is -0.462 e. The molecule has 1 aliphatic carbocycles. The number of fused-ring (bicyclic) bond motifs is 1. The van der Waals surface area contributed by atoms with Gasteiger partial charge in [-0.15, -0.1) is 28.1 Å². The molecule has 3 aromatic rings. The van der Waals surface area contributed by atoms with Crippen LogP contribution in [0, 0.1) is 5.92 Å². The number of nitrogens with one attached hydrogen (secondary N) is 1. The van der Waals surface area contributed by atoms with E-state index in [2.05, 4.69) is 29.0 Å². The average Bonchev–Trinajstić information content (AvgIpc) is 3.43.